The second kappa shape index (κ2) is 4.51. The highest BCUT2D eigenvalue weighted by Crippen LogP contribution is 2.23. The molecule has 0 bridgehead atoms. The van der Waals surface area contributed by atoms with E-state index in [4.69, 9.17) is 0 Å². The quantitative estimate of drug-likeness (QED) is 0.417. The Morgan fingerprint density at radius 2 is 2.33 bits per heavy atom. The third-order valence-electron chi connectivity index (χ3n) is 2.41. The number of rotatable bonds is 3. The van der Waals surface area contributed by atoms with Crippen molar-refractivity contribution in [2.75, 3.05) is 6.26 Å². The molecule has 0 amide bonds. The molecular weight excluding hydrogens is 268 g/mol. The van der Waals surface area contributed by atoms with Gasteiger partial charge in [-0.1, -0.05) is 11.3 Å². The number of imidazole rings is 1. The lowest BCUT2D eigenvalue weighted by Crippen LogP contribution is -1.92. The second-order valence-electron chi connectivity index (χ2n) is 3.47. The Kier molecular flexibility index (Phi) is 2.85. The molecule has 3 heterocycles. The molecule has 0 aromatic carbocycles. The molecule has 0 saturated carbocycles. The maximum Gasteiger partial charge on any atom is 0.194 e. The van der Waals surface area contributed by atoms with Gasteiger partial charge in [0.1, 0.15) is 5.69 Å². The summed E-state index contributed by atoms with van der Waals surface area (Å²) >= 11 is 2.91. The summed E-state index contributed by atoms with van der Waals surface area (Å²) in [6, 6.07) is 1.86. The van der Waals surface area contributed by atoms with Crippen LogP contribution in [0, 0.1) is 0 Å². The Morgan fingerprint density at radius 3 is 3.11 bits per heavy atom. The molecule has 3 aromatic heterocycles. The molecule has 0 saturated heterocycles. The molecule has 3 rings (SSSR count). The standard InChI is InChI=1S/C11H8N4OS2/c1-17-9-2-3-12-10(14-9)8-4-13-11-15(8)5-7(6-16)18-11/h2-6H,1H3. The maximum absolute atomic E-state index is 10.8. The van der Waals surface area contributed by atoms with E-state index in [2.05, 4.69) is 15.0 Å². The largest absolute Gasteiger partial charge is 0.297 e. The first-order valence-electron chi connectivity index (χ1n) is 5.11. The lowest BCUT2D eigenvalue weighted by molar-refractivity contribution is 0.112. The molecule has 0 N–H and O–H groups in total. The van der Waals surface area contributed by atoms with E-state index in [1.165, 1.54) is 11.3 Å². The van der Waals surface area contributed by atoms with E-state index < -0.39 is 0 Å². The van der Waals surface area contributed by atoms with Crippen molar-refractivity contribution < 1.29 is 4.79 Å². The van der Waals surface area contributed by atoms with Crippen LogP contribution < -0.4 is 0 Å². The summed E-state index contributed by atoms with van der Waals surface area (Å²) < 4.78 is 1.84. The van der Waals surface area contributed by atoms with Crippen molar-refractivity contribution in [1.82, 2.24) is 19.4 Å². The Bertz CT molecular complexity index is 719. The first-order valence-corrected chi connectivity index (χ1v) is 7.15. The van der Waals surface area contributed by atoms with Crippen LogP contribution in [0.5, 0.6) is 0 Å². The minimum Gasteiger partial charge on any atom is -0.297 e. The summed E-state index contributed by atoms with van der Waals surface area (Å²) in [6.07, 6.45) is 7.99. The van der Waals surface area contributed by atoms with Crippen LogP contribution in [0.2, 0.25) is 0 Å². The molecule has 5 nitrogen and oxygen atoms in total. The molecule has 0 unspecified atom stereocenters. The van der Waals surface area contributed by atoms with Gasteiger partial charge in [-0.15, -0.1) is 11.8 Å². The van der Waals surface area contributed by atoms with Crippen LogP contribution in [0.15, 0.2) is 29.7 Å². The zero-order valence-corrected chi connectivity index (χ0v) is 11.0. The summed E-state index contributed by atoms with van der Waals surface area (Å²) in [5, 5.41) is 0.904. The van der Waals surface area contributed by atoms with Gasteiger partial charge in [0.2, 0.25) is 0 Å². The Morgan fingerprint density at radius 1 is 1.44 bits per heavy atom. The van der Waals surface area contributed by atoms with E-state index in [1.54, 1.807) is 30.4 Å². The zero-order chi connectivity index (χ0) is 12.5. The van der Waals surface area contributed by atoms with Crippen molar-refractivity contribution in [3.8, 4) is 11.5 Å². The molecule has 0 fully saturated rings. The summed E-state index contributed by atoms with van der Waals surface area (Å²) in [5.74, 6) is 0.615. The zero-order valence-electron chi connectivity index (χ0n) is 9.40. The number of hydrogen-bond acceptors (Lipinski definition) is 6. The van der Waals surface area contributed by atoms with Crippen LogP contribution in [0.25, 0.3) is 16.5 Å². The monoisotopic (exact) mass is 276 g/mol. The molecule has 90 valence electrons. The van der Waals surface area contributed by atoms with Crippen molar-refractivity contribution in [3.05, 3.63) is 29.5 Å². The van der Waals surface area contributed by atoms with Gasteiger partial charge in [0, 0.05) is 12.4 Å². The van der Waals surface area contributed by atoms with E-state index in [0.717, 1.165) is 22.0 Å². The van der Waals surface area contributed by atoms with Crippen LogP contribution >= 0.6 is 23.1 Å². The molecule has 7 heteroatoms. The van der Waals surface area contributed by atoms with Gasteiger partial charge in [-0.2, -0.15) is 0 Å². The highest BCUT2D eigenvalue weighted by Gasteiger charge is 2.11. The molecule has 0 aliphatic heterocycles. The second-order valence-corrected chi connectivity index (χ2v) is 5.34. The molecule has 3 aromatic rings. The van der Waals surface area contributed by atoms with E-state index in [-0.39, 0.29) is 0 Å². The van der Waals surface area contributed by atoms with Gasteiger partial charge in [-0.25, -0.2) is 15.0 Å². The summed E-state index contributed by atoms with van der Waals surface area (Å²) in [7, 11) is 0. The lowest BCUT2D eigenvalue weighted by atomic mass is 10.4. The van der Waals surface area contributed by atoms with Crippen LogP contribution in [0.1, 0.15) is 9.67 Å². The van der Waals surface area contributed by atoms with Gasteiger partial charge >= 0.3 is 0 Å². The number of aromatic nitrogens is 4. The number of hydrogen-bond donors (Lipinski definition) is 0. The maximum atomic E-state index is 10.8. The van der Waals surface area contributed by atoms with E-state index in [0.29, 0.717) is 10.7 Å². The van der Waals surface area contributed by atoms with Gasteiger partial charge in [0.15, 0.2) is 17.1 Å². The van der Waals surface area contributed by atoms with Gasteiger partial charge in [-0.05, 0) is 12.3 Å². The first-order chi connectivity index (χ1) is 8.81. The Hall–Kier alpha value is -1.73. The third-order valence-corrected chi connectivity index (χ3v) is 3.98. The number of thioether (sulfide) groups is 1. The van der Waals surface area contributed by atoms with Crippen LogP contribution in [0.3, 0.4) is 0 Å². The molecule has 0 spiro atoms. The predicted molar refractivity (Wildman–Crippen MR) is 71.3 cm³/mol. The van der Waals surface area contributed by atoms with Crippen LogP contribution in [0.4, 0.5) is 0 Å². The number of nitrogens with zero attached hydrogens (tertiary/aromatic N) is 4. The normalized spacial score (nSPS) is 10.9. The first kappa shape index (κ1) is 11.4. The third kappa shape index (κ3) is 1.81. The highest BCUT2D eigenvalue weighted by atomic mass is 32.2. The smallest absolute Gasteiger partial charge is 0.194 e. The van der Waals surface area contributed by atoms with Gasteiger partial charge in [-0.3, -0.25) is 9.20 Å². The van der Waals surface area contributed by atoms with Crippen LogP contribution in [-0.4, -0.2) is 31.9 Å². The average molecular weight is 276 g/mol. The number of aldehydes is 1. The summed E-state index contributed by atoms with van der Waals surface area (Å²) in [4.78, 5) is 25.1. The topological polar surface area (TPSA) is 60.2 Å². The van der Waals surface area contributed by atoms with Crippen molar-refractivity contribution in [2.45, 2.75) is 5.03 Å². The average Bonchev–Trinajstić information content (AvgIpc) is 2.98. The van der Waals surface area contributed by atoms with Crippen molar-refractivity contribution in [3.63, 3.8) is 0 Å². The SMILES string of the molecule is CSc1ccnc(-c2cnc3sc(C=O)cn23)n1. The van der Waals surface area contributed by atoms with Crippen molar-refractivity contribution in [2.24, 2.45) is 0 Å². The van der Waals surface area contributed by atoms with E-state index in [9.17, 15) is 4.79 Å². The number of carbonyl (C=O) groups is 1. The predicted octanol–water partition coefficient (Wildman–Crippen LogP) is 2.39. The number of carbonyl (C=O) groups excluding carboxylic acids is 1. The number of fused-ring (bicyclic) bond motifs is 1. The Balaban J connectivity index is 2.17. The van der Waals surface area contributed by atoms with Gasteiger partial charge in [0.05, 0.1) is 16.1 Å². The van der Waals surface area contributed by atoms with Crippen molar-refractivity contribution >= 4 is 34.3 Å². The van der Waals surface area contributed by atoms with E-state index >= 15 is 0 Å². The molecule has 0 atom stereocenters. The summed E-state index contributed by atoms with van der Waals surface area (Å²) in [5.41, 5.74) is 0.797. The van der Waals surface area contributed by atoms with E-state index in [1.807, 2.05) is 16.7 Å². The highest BCUT2D eigenvalue weighted by molar-refractivity contribution is 7.98. The Labute approximate surface area is 111 Å². The fourth-order valence-electron chi connectivity index (χ4n) is 1.60. The molecule has 0 aliphatic rings. The molecule has 0 aliphatic carbocycles. The number of thiazole rings is 1. The van der Waals surface area contributed by atoms with Gasteiger partial charge in [0.25, 0.3) is 0 Å². The van der Waals surface area contributed by atoms with Crippen molar-refractivity contribution in [1.29, 1.82) is 0 Å². The minimum absolute atomic E-state index is 0.615. The van der Waals surface area contributed by atoms with Gasteiger partial charge < -0.3 is 0 Å². The van der Waals surface area contributed by atoms with Crippen LogP contribution in [-0.2, 0) is 0 Å². The lowest BCUT2D eigenvalue weighted by Gasteiger charge is -1.99. The summed E-state index contributed by atoms with van der Waals surface area (Å²) in [6.45, 7) is 0. The minimum atomic E-state index is 0.615. The fraction of sp³-hybridized carbons (Fsp3) is 0.0909. The molecule has 0 radical (unpaired) electrons. The molecular formula is C11H8N4OS2. The molecule has 18 heavy (non-hydrogen) atoms. The fourth-order valence-corrected chi connectivity index (χ4v) is 2.75.